The summed E-state index contributed by atoms with van der Waals surface area (Å²) in [7, 11) is 0. The van der Waals surface area contributed by atoms with Gasteiger partial charge in [-0.15, -0.1) is 0 Å². The van der Waals surface area contributed by atoms with Crippen molar-refractivity contribution in [2.75, 3.05) is 5.32 Å². The van der Waals surface area contributed by atoms with Crippen molar-refractivity contribution in [2.45, 2.75) is 13.8 Å². The summed E-state index contributed by atoms with van der Waals surface area (Å²) in [5, 5.41) is 6.93. The van der Waals surface area contributed by atoms with Crippen LogP contribution in [-0.2, 0) is 0 Å². The molecule has 0 atom stereocenters. The fourth-order valence-electron chi connectivity index (χ4n) is 2.01. The van der Waals surface area contributed by atoms with Gasteiger partial charge in [-0.1, -0.05) is 16.8 Å². The van der Waals surface area contributed by atoms with E-state index < -0.39 is 0 Å². The lowest BCUT2D eigenvalue weighted by Gasteiger charge is -2.03. The molecule has 3 rings (SSSR count). The molecule has 0 radical (unpaired) electrons. The van der Waals surface area contributed by atoms with Crippen LogP contribution in [0, 0.1) is 13.8 Å². The Balaban J connectivity index is 2.02. The van der Waals surface area contributed by atoms with E-state index in [4.69, 9.17) is 16.1 Å². The fraction of sp³-hybridized carbons (Fsp3) is 0.154. The Morgan fingerprint density at radius 2 is 2.20 bits per heavy atom. The van der Waals surface area contributed by atoms with E-state index in [1.165, 1.54) is 0 Å². The fourth-order valence-corrected chi connectivity index (χ4v) is 2.17. The van der Waals surface area contributed by atoms with E-state index in [1.54, 1.807) is 42.6 Å². The van der Waals surface area contributed by atoms with Gasteiger partial charge in [0, 0.05) is 12.3 Å². The van der Waals surface area contributed by atoms with Gasteiger partial charge in [0.2, 0.25) is 0 Å². The summed E-state index contributed by atoms with van der Waals surface area (Å²) >= 11 is 5.96. The molecule has 0 aliphatic carbocycles. The largest absolute Gasteiger partial charge is 0.360 e. The van der Waals surface area contributed by atoms with Crippen molar-refractivity contribution in [3.63, 3.8) is 0 Å². The first-order chi connectivity index (χ1) is 9.54. The summed E-state index contributed by atoms with van der Waals surface area (Å²) in [5.41, 5.74) is 1.70. The Morgan fingerprint density at radius 1 is 1.40 bits per heavy atom. The highest BCUT2D eigenvalue weighted by Gasteiger charge is 2.18. The van der Waals surface area contributed by atoms with Crippen LogP contribution in [0.1, 0.15) is 21.9 Å². The molecule has 0 saturated carbocycles. The van der Waals surface area contributed by atoms with Crippen LogP contribution in [0.25, 0.3) is 5.65 Å². The van der Waals surface area contributed by atoms with Gasteiger partial charge >= 0.3 is 0 Å². The van der Waals surface area contributed by atoms with E-state index in [-0.39, 0.29) is 5.91 Å². The number of amides is 1. The molecule has 102 valence electrons. The third-order valence-corrected chi connectivity index (χ3v) is 3.06. The Labute approximate surface area is 119 Å². The van der Waals surface area contributed by atoms with Crippen molar-refractivity contribution in [1.29, 1.82) is 0 Å². The molecule has 0 unspecified atom stereocenters. The zero-order valence-corrected chi connectivity index (χ0v) is 11.6. The number of hydrogen-bond donors (Lipinski definition) is 1. The third kappa shape index (κ3) is 2.14. The summed E-state index contributed by atoms with van der Waals surface area (Å²) < 4.78 is 6.56. The molecule has 1 amide bonds. The van der Waals surface area contributed by atoms with Gasteiger partial charge in [0.05, 0.1) is 10.7 Å². The lowest BCUT2D eigenvalue weighted by atomic mass is 10.3. The maximum absolute atomic E-state index is 12.3. The minimum atomic E-state index is -0.314. The maximum atomic E-state index is 12.3. The minimum Gasteiger partial charge on any atom is -0.360 e. The second kappa shape index (κ2) is 4.64. The predicted molar refractivity (Wildman–Crippen MR) is 74.1 cm³/mol. The zero-order chi connectivity index (χ0) is 14.3. The highest BCUT2D eigenvalue weighted by Crippen LogP contribution is 2.17. The van der Waals surface area contributed by atoms with Gasteiger partial charge in [-0.2, -0.15) is 0 Å². The van der Waals surface area contributed by atoms with Gasteiger partial charge in [-0.05, 0) is 26.0 Å². The molecule has 1 N–H and O–H groups in total. The summed E-state index contributed by atoms with van der Waals surface area (Å²) in [6.07, 6.45) is 1.65. The number of rotatable bonds is 2. The van der Waals surface area contributed by atoms with Gasteiger partial charge in [-0.25, -0.2) is 4.98 Å². The first-order valence-electron chi connectivity index (χ1n) is 5.93. The molecular weight excluding hydrogens is 280 g/mol. The molecule has 7 heteroatoms. The van der Waals surface area contributed by atoms with E-state index in [0.717, 1.165) is 0 Å². The number of carbonyl (C=O) groups excluding carboxylic acids is 1. The van der Waals surface area contributed by atoms with Crippen molar-refractivity contribution in [1.82, 2.24) is 14.5 Å². The molecule has 3 aromatic rings. The number of aromatic nitrogens is 3. The van der Waals surface area contributed by atoms with E-state index in [1.807, 2.05) is 0 Å². The summed E-state index contributed by atoms with van der Waals surface area (Å²) in [6.45, 7) is 3.52. The van der Waals surface area contributed by atoms with Crippen LogP contribution in [0.3, 0.4) is 0 Å². The number of aryl methyl sites for hydroxylation is 2. The normalized spacial score (nSPS) is 10.9. The maximum Gasteiger partial charge on any atom is 0.275 e. The summed E-state index contributed by atoms with van der Waals surface area (Å²) in [6, 6.07) is 5.13. The van der Waals surface area contributed by atoms with E-state index in [9.17, 15) is 4.79 Å². The topological polar surface area (TPSA) is 72.4 Å². The molecule has 0 aliphatic rings. The number of halogens is 1. The number of hydrogen-bond acceptors (Lipinski definition) is 4. The molecule has 0 saturated heterocycles. The molecule has 3 aromatic heterocycles. The molecule has 0 aromatic carbocycles. The minimum absolute atomic E-state index is 0.314. The van der Waals surface area contributed by atoms with Crippen molar-refractivity contribution in [2.24, 2.45) is 0 Å². The van der Waals surface area contributed by atoms with E-state index in [2.05, 4.69) is 15.5 Å². The van der Waals surface area contributed by atoms with Crippen molar-refractivity contribution in [3.05, 3.63) is 46.6 Å². The first kappa shape index (κ1) is 12.7. The Morgan fingerprint density at radius 3 is 2.90 bits per heavy atom. The standard InChI is InChI=1S/C13H11ClN4O2/c1-7-5-10(17-20-7)16-13(19)12-8(2)15-11-4-3-9(14)6-18(11)12/h3-6H,1-2H3,(H,16,17,19). The summed E-state index contributed by atoms with van der Waals surface area (Å²) in [5.74, 6) is 0.674. The Hall–Kier alpha value is -2.34. The molecule has 0 aliphatic heterocycles. The number of carbonyl (C=O) groups is 1. The van der Waals surface area contributed by atoms with Gasteiger partial charge in [0.15, 0.2) is 5.82 Å². The third-order valence-electron chi connectivity index (χ3n) is 2.84. The first-order valence-corrected chi connectivity index (χ1v) is 6.31. The smallest absolute Gasteiger partial charge is 0.275 e. The van der Waals surface area contributed by atoms with E-state index >= 15 is 0 Å². The van der Waals surface area contributed by atoms with Crippen molar-refractivity contribution >= 4 is 29.0 Å². The monoisotopic (exact) mass is 290 g/mol. The van der Waals surface area contributed by atoms with E-state index in [0.29, 0.717) is 33.6 Å². The molecule has 20 heavy (non-hydrogen) atoms. The van der Waals surface area contributed by atoms with Crippen LogP contribution in [-0.4, -0.2) is 20.4 Å². The second-order valence-corrected chi connectivity index (χ2v) is 4.83. The predicted octanol–water partition coefficient (Wildman–Crippen LogP) is 2.84. The lowest BCUT2D eigenvalue weighted by molar-refractivity contribution is 0.102. The molecule has 0 bridgehead atoms. The van der Waals surface area contributed by atoms with Gasteiger partial charge in [-0.3, -0.25) is 9.20 Å². The zero-order valence-electron chi connectivity index (χ0n) is 10.8. The van der Waals surface area contributed by atoms with Crippen LogP contribution < -0.4 is 5.32 Å². The van der Waals surface area contributed by atoms with Crippen LogP contribution >= 0.6 is 11.6 Å². The number of pyridine rings is 1. The highest BCUT2D eigenvalue weighted by atomic mass is 35.5. The quantitative estimate of drug-likeness (QED) is 0.787. The van der Waals surface area contributed by atoms with Gasteiger partial charge < -0.3 is 9.84 Å². The van der Waals surface area contributed by atoms with Crippen LogP contribution in [0.15, 0.2) is 28.9 Å². The van der Waals surface area contributed by atoms with Crippen molar-refractivity contribution in [3.8, 4) is 0 Å². The highest BCUT2D eigenvalue weighted by molar-refractivity contribution is 6.30. The molecule has 6 nitrogen and oxygen atoms in total. The summed E-state index contributed by atoms with van der Waals surface area (Å²) in [4.78, 5) is 16.7. The molecular formula is C13H11ClN4O2. The average molecular weight is 291 g/mol. The Kier molecular flexibility index (Phi) is 2.94. The SMILES string of the molecule is Cc1cc(NC(=O)c2c(C)nc3ccc(Cl)cn23)no1. The Bertz CT molecular complexity index is 806. The van der Waals surface area contributed by atoms with Gasteiger partial charge in [0.1, 0.15) is 17.1 Å². The van der Waals surface area contributed by atoms with Crippen LogP contribution in [0.5, 0.6) is 0 Å². The number of nitrogens with one attached hydrogen (secondary N) is 1. The number of fused-ring (bicyclic) bond motifs is 1. The molecule has 0 fully saturated rings. The van der Waals surface area contributed by atoms with Crippen LogP contribution in [0.2, 0.25) is 5.02 Å². The number of anilines is 1. The lowest BCUT2D eigenvalue weighted by Crippen LogP contribution is -2.15. The van der Waals surface area contributed by atoms with Crippen molar-refractivity contribution < 1.29 is 9.32 Å². The van der Waals surface area contributed by atoms with Crippen LogP contribution in [0.4, 0.5) is 5.82 Å². The second-order valence-electron chi connectivity index (χ2n) is 4.40. The average Bonchev–Trinajstić information content (AvgIpc) is 2.91. The number of imidazole rings is 1. The molecule has 0 spiro atoms. The van der Waals surface area contributed by atoms with Gasteiger partial charge in [0.25, 0.3) is 5.91 Å². The molecule has 3 heterocycles. The number of nitrogens with zero attached hydrogens (tertiary/aromatic N) is 3.